The molecule has 0 aliphatic rings. The summed E-state index contributed by atoms with van der Waals surface area (Å²) in [6.45, 7) is 2.52. The molecule has 3 aromatic rings. The van der Waals surface area contributed by atoms with Crippen LogP contribution in [0, 0.1) is 0 Å². The van der Waals surface area contributed by atoms with E-state index in [2.05, 4.69) is 5.32 Å². The number of hydrogen-bond acceptors (Lipinski definition) is 5. The van der Waals surface area contributed by atoms with Gasteiger partial charge in [0.15, 0.2) is 18.1 Å². The molecule has 0 saturated carbocycles. The molecule has 0 heterocycles. The number of nitrogens with zero attached hydrogens (tertiary/aromatic N) is 1. The smallest absolute Gasteiger partial charge is 0.260 e. The summed E-state index contributed by atoms with van der Waals surface area (Å²) in [5, 5.41) is 3.19. The molecule has 0 bridgehead atoms. The Kier molecular flexibility index (Phi) is 8.76. The van der Waals surface area contributed by atoms with E-state index in [4.69, 9.17) is 25.8 Å². The summed E-state index contributed by atoms with van der Waals surface area (Å²) in [6, 6.07) is 19.3. The van der Waals surface area contributed by atoms with Gasteiger partial charge in [0.1, 0.15) is 5.75 Å². The molecular formula is C26H27ClN2O5. The molecule has 0 aromatic heterocycles. The van der Waals surface area contributed by atoms with Crippen LogP contribution in [0.5, 0.6) is 17.2 Å². The SMILES string of the molecule is CCN(Cc1ccc(OC)c(OC)c1)C(=O)COc1ccc(Cl)cc1C(=O)Nc1ccccc1. The van der Waals surface area contributed by atoms with E-state index in [1.807, 2.05) is 37.3 Å². The number of likely N-dealkylation sites (N-methyl/N-ethyl adjacent to an activating group) is 1. The Balaban J connectivity index is 1.69. The quantitative estimate of drug-likeness (QED) is 0.438. The number of carbonyl (C=O) groups is 2. The van der Waals surface area contributed by atoms with Gasteiger partial charge in [0, 0.05) is 23.8 Å². The number of methoxy groups -OCH3 is 2. The monoisotopic (exact) mass is 482 g/mol. The van der Waals surface area contributed by atoms with Crippen LogP contribution in [0.25, 0.3) is 0 Å². The molecule has 3 rings (SSSR count). The number of benzene rings is 3. The third-order valence-corrected chi connectivity index (χ3v) is 5.36. The molecule has 8 heteroatoms. The summed E-state index contributed by atoms with van der Waals surface area (Å²) in [7, 11) is 3.14. The van der Waals surface area contributed by atoms with Crippen LogP contribution in [0.1, 0.15) is 22.8 Å². The highest BCUT2D eigenvalue weighted by atomic mass is 35.5. The molecule has 0 unspecified atom stereocenters. The van der Waals surface area contributed by atoms with Gasteiger partial charge in [0.2, 0.25) is 0 Å². The molecule has 0 aliphatic heterocycles. The van der Waals surface area contributed by atoms with Crippen molar-refractivity contribution in [2.45, 2.75) is 13.5 Å². The van der Waals surface area contributed by atoms with E-state index >= 15 is 0 Å². The zero-order valence-corrected chi connectivity index (χ0v) is 20.1. The van der Waals surface area contributed by atoms with Crippen LogP contribution in [-0.4, -0.2) is 44.1 Å². The number of para-hydroxylation sites is 1. The summed E-state index contributed by atoms with van der Waals surface area (Å²) in [5.74, 6) is 0.881. The molecule has 34 heavy (non-hydrogen) atoms. The summed E-state index contributed by atoms with van der Waals surface area (Å²) in [6.07, 6.45) is 0. The number of anilines is 1. The fourth-order valence-corrected chi connectivity index (χ4v) is 3.50. The van der Waals surface area contributed by atoms with Crippen molar-refractivity contribution >= 4 is 29.1 Å². The van der Waals surface area contributed by atoms with Crippen molar-refractivity contribution in [3.63, 3.8) is 0 Å². The van der Waals surface area contributed by atoms with Gasteiger partial charge in [0.25, 0.3) is 11.8 Å². The van der Waals surface area contributed by atoms with Gasteiger partial charge in [-0.25, -0.2) is 0 Å². The van der Waals surface area contributed by atoms with Crippen molar-refractivity contribution in [1.82, 2.24) is 4.90 Å². The fraction of sp³-hybridized carbons (Fsp3) is 0.231. The summed E-state index contributed by atoms with van der Waals surface area (Å²) >= 11 is 6.11. The molecular weight excluding hydrogens is 456 g/mol. The minimum atomic E-state index is -0.381. The minimum absolute atomic E-state index is 0.221. The molecule has 178 valence electrons. The van der Waals surface area contributed by atoms with E-state index in [1.165, 1.54) is 6.07 Å². The standard InChI is InChI=1S/C26H27ClN2O5/c1-4-29(16-18-10-12-23(32-2)24(14-18)33-3)25(30)17-34-22-13-11-19(27)15-21(22)26(31)28-20-8-6-5-7-9-20/h5-15H,4,16-17H2,1-3H3,(H,28,31). The largest absolute Gasteiger partial charge is 0.493 e. The van der Waals surface area contributed by atoms with E-state index < -0.39 is 0 Å². The number of hydrogen-bond donors (Lipinski definition) is 1. The van der Waals surface area contributed by atoms with Crippen molar-refractivity contribution in [3.05, 3.63) is 82.9 Å². The van der Waals surface area contributed by atoms with Gasteiger partial charge in [0.05, 0.1) is 19.8 Å². The van der Waals surface area contributed by atoms with Gasteiger partial charge < -0.3 is 24.4 Å². The lowest BCUT2D eigenvalue weighted by Gasteiger charge is -2.22. The van der Waals surface area contributed by atoms with Crippen molar-refractivity contribution < 1.29 is 23.8 Å². The fourth-order valence-electron chi connectivity index (χ4n) is 3.33. The second-order valence-electron chi connectivity index (χ2n) is 7.35. The number of rotatable bonds is 10. The molecule has 7 nitrogen and oxygen atoms in total. The number of ether oxygens (including phenoxy) is 3. The van der Waals surface area contributed by atoms with Gasteiger partial charge in [-0.1, -0.05) is 35.9 Å². The number of nitrogens with one attached hydrogen (secondary N) is 1. The average molecular weight is 483 g/mol. The minimum Gasteiger partial charge on any atom is -0.493 e. The Morgan fingerprint density at radius 1 is 0.912 bits per heavy atom. The zero-order valence-electron chi connectivity index (χ0n) is 19.3. The Hall–Kier alpha value is -3.71. The first-order chi connectivity index (χ1) is 16.4. The molecule has 1 N–H and O–H groups in total. The van der Waals surface area contributed by atoms with Gasteiger partial charge in [-0.3, -0.25) is 9.59 Å². The Morgan fingerprint density at radius 2 is 1.62 bits per heavy atom. The van der Waals surface area contributed by atoms with E-state index in [0.717, 1.165) is 5.56 Å². The maximum absolute atomic E-state index is 12.9. The summed E-state index contributed by atoms with van der Waals surface area (Å²) < 4.78 is 16.4. The second kappa shape index (κ2) is 12.0. The first-order valence-electron chi connectivity index (χ1n) is 10.7. The number of carbonyl (C=O) groups excluding carboxylic acids is 2. The number of halogens is 1. The maximum Gasteiger partial charge on any atom is 0.260 e. The van der Waals surface area contributed by atoms with E-state index in [1.54, 1.807) is 49.5 Å². The Morgan fingerprint density at radius 3 is 2.29 bits per heavy atom. The third-order valence-electron chi connectivity index (χ3n) is 5.12. The number of amides is 2. The molecule has 0 aliphatic carbocycles. The van der Waals surface area contributed by atoms with Crippen LogP contribution in [0.2, 0.25) is 5.02 Å². The van der Waals surface area contributed by atoms with Crippen molar-refractivity contribution in [1.29, 1.82) is 0 Å². The molecule has 0 radical (unpaired) electrons. The van der Waals surface area contributed by atoms with Crippen molar-refractivity contribution in [2.75, 3.05) is 32.7 Å². The highest BCUT2D eigenvalue weighted by Crippen LogP contribution is 2.28. The zero-order chi connectivity index (χ0) is 24.5. The lowest BCUT2D eigenvalue weighted by Crippen LogP contribution is -2.34. The molecule has 2 amide bonds. The summed E-state index contributed by atoms with van der Waals surface area (Å²) in [5.41, 5.74) is 1.77. The molecule has 0 saturated heterocycles. The average Bonchev–Trinajstić information content (AvgIpc) is 2.86. The van der Waals surface area contributed by atoms with Gasteiger partial charge in [-0.05, 0) is 55.0 Å². The predicted molar refractivity (Wildman–Crippen MR) is 132 cm³/mol. The van der Waals surface area contributed by atoms with Crippen LogP contribution in [0.15, 0.2) is 66.7 Å². The lowest BCUT2D eigenvalue weighted by atomic mass is 10.1. The van der Waals surface area contributed by atoms with E-state index in [-0.39, 0.29) is 29.7 Å². The topological polar surface area (TPSA) is 77.1 Å². The van der Waals surface area contributed by atoms with Gasteiger partial charge >= 0.3 is 0 Å². The Bertz CT molecular complexity index is 1140. The van der Waals surface area contributed by atoms with Gasteiger partial charge in [-0.2, -0.15) is 0 Å². The molecule has 0 spiro atoms. The van der Waals surface area contributed by atoms with Crippen molar-refractivity contribution in [3.8, 4) is 17.2 Å². The highest BCUT2D eigenvalue weighted by molar-refractivity contribution is 6.31. The van der Waals surface area contributed by atoms with Crippen molar-refractivity contribution in [2.24, 2.45) is 0 Å². The second-order valence-corrected chi connectivity index (χ2v) is 7.78. The third kappa shape index (κ3) is 6.42. The van der Waals surface area contributed by atoms with Crippen LogP contribution in [-0.2, 0) is 11.3 Å². The van der Waals surface area contributed by atoms with E-state index in [9.17, 15) is 9.59 Å². The van der Waals surface area contributed by atoms with Crippen LogP contribution in [0.4, 0.5) is 5.69 Å². The Labute approximate surface area is 204 Å². The first-order valence-corrected chi connectivity index (χ1v) is 11.1. The lowest BCUT2D eigenvalue weighted by molar-refractivity contribution is -0.133. The van der Waals surface area contributed by atoms with Crippen LogP contribution < -0.4 is 19.5 Å². The maximum atomic E-state index is 12.9. The molecule has 0 fully saturated rings. The van der Waals surface area contributed by atoms with Crippen LogP contribution in [0.3, 0.4) is 0 Å². The van der Waals surface area contributed by atoms with E-state index in [0.29, 0.717) is 35.3 Å². The van der Waals surface area contributed by atoms with Crippen LogP contribution >= 0.6 is 11.6 Å². The highest BCUT2D eigenvalue weighted by Gasteiger charge is 2.18. The summed E-state index contributed by atoms with van der Waals surface area (Å²) in [4.78, 5) is 27.3. The normalized spacial score (nSPS) is 10.4. The predicted octanol–water partition coefficient (Wildman–Crippen LogP) is 5.04. The molecule has 0 atom stereocenters. The first kappa shape index (κ1) is 24.9. The molecule has 3 aromatic carbocycles. The van der Waals surface area contributed by atoms with Gasteiger partial charge in [-0.15, -0.1) is 0 Å².